The molecule has 1 amide bonds. The number of hydrogen-bond acceptors (Lipinski definition) is 4. The molecule has 24 heavy (non-hydrogen) atoms. The molecule has 0 aromatic carbocycles. The van der Waals surface area contributed by atoms with Crippen molar-refractivity contribution < 1.29 is 4.79 Å². The zero-order valence-corrected chi connectivity index (χ0v) is 13.9. The first kappa shape index (κ1) is 14.9. The van der Waals surface area contributed by atoms with Crippen LogP contribution in [0, 0.1) is 6.92 Å². The molecule has 4 rings (SSSR count). The van der Waals surface area contributed by atoms with Crippen LogP contribution in [-0.2, 0) is 7.05 Å². The van der Waals surface area contributed by atoms with Crippen LogP contribution < -0.4 is 0 Å². The van der Waals surface area contributed by atoms with E-state index in [-0.39, 0.29) is 5.91 Å². The summed E-state index contributed by atoms with van der Waals surface area (Å²) in [6.07, 6.45) is 7.24. The van der Waals surface area contributed by atoms with E-state index in [0.717, 1.165) is 43.0 Å². The van der Waals surface area contributed by atoms with Crippen LogP contribution in [0.25, 0.3) is 5.65 Å². The van der Waals surface area contributed by atoms with Gasteiger partial charge in [0.1, 0.15) is 0 Å². The lowest BCUT2D eigenvalue weighted by atomic mass is 9.93. The Morgan fingerprint density at radius 1 is 1.29 bits per heavy atom. The summed E-state index contributed by atoms with van der Waals surface area (Å²) >= 11 is 0. The summed E-state index contributed by atoms with van der Waals surface area (Å²) in [6, 6.07) is 4.03. The molecule has 1 saturated heterocycles. The van der Waals surface area contributed by atoms with E-state index in [1.165, 1.54) is 0 Å². The molecule has 0 N–H and O–H groups in total. The maximum Gasteiger partial charge on any atom is 0.257 e. The maximum absolute atomic E-state index is 12.5. The Labute approximate surface area is 139 Å². The van der Waals surface area contributed by atoms with Gasteiger partial charge in [0.2, 0.25) is 0 Å². The Hall–Kier alpha value is -2.70. The minimum Gasteiger partial charge on any atom is -0.339 e. The topological polar surface area (TPSA) is 68.3 Å². The van der Waals surface area contributed by atoms with E-state index in [1.54, 1.807) is 21.6 Å². The Morgan fingerprint density at radius 2 is 2.08 bits per heavy atom. The highest BCUT2D eigenvalue weighted by Gasteiger charge is 2.26. The second-order valence-corrected chi connectivity index (χ2v) is 6.41. The molecule has 7 heteroatoms. The van der Waals surface area contributed by atoms with Crippen molar-refractivity contribution in [1.82, 2.24) is 29.3 Å². The summed E-state index contributed by atoms with van der Waals surface area (Å²) in [5.74, 6) is 0.458. The molecular formula is C17H20N6O. The molecule has 0 unspecified atom stereocenters. The van der Waals surface area contributed by atoms with E-state index in [9.17, 15) is 4.79 Å². The zero-order valence-electron chi connectivity index (χ0n) is 13.9. The molecule has 0 atom stereocenters. The Balaban J connectivity index is 1.45. The fourth-order valence-electron chi connectivity index (χ4n) is 3.33. The van der Waals surface area contributed by atoms with E-state index in [2.05, 4.69) is 10.2 Å². The fourth-order valence-corrected chi connectivity index (χ4v) is 3.33. The zero-order chi connectivity index (χ0) is 16.7. The molecule has 3 aromatic heterocycles. The lowest BCUT2D eigenvalue weighted by Gasteiger charge is -2.31. The number of likely N-dealkylation sites (tertiary alicyclic amines) is 1. The van der Waals surface area contributed by atoms with Gasteiger partial charge in [-0.15, -0.1) is 0 Å². The molecule has 0 bridgehead atoms. The first-order valence-electron chi connectivity index (χ1n) is 8.21. The largest absolute Gasteiger partial charge is 0.339 e. The van der Waals surface area contributed by atoms with Crippen molar-refractivity contribution in [3.63, 3.8) is 0 Å². The highest BCUT2D eigenvalue weighted by molar-refractivity contribution is 5.93. The molecule has 0 radical (unpaired) electrons. The van der Waals surface area contributed by atoms with Crippen LogP contribution in [0.2, 0.25) is 0 Å². The van der Waals surface area contributed by atoms with Crippen LogP contribution in [0.15, 0.2) is 30.7 Å². The molecule has 4 heterocycles. The molecule has 1 aliphatic rings. The van der Waals surface area contributed by atoms with Gasteiger partial charge < -0.3 is 4.90 Å². The number of aromatic nitrogens is 5. The van der Waals surface area contributed by atoms with E-state index in [1.807, 2.05) is 37.2 Å². The number of fused-ring (bicyclic) bond motifs is 1. The number of nitrogens with zero attached hydrogens (tertiary/aromatic N) is 6. The van der Waals surface area contributed by atoms with Crippen molar-refractivity contribution in [2.24, 2.45) is 7.05 Å². The summed E-state index contributed by atoms with van der Waals surface area (Å²) in [5, 5.41) is 8.44. The Kier molecular flexibility index (Phi) is 3.55. The van der Waals surface area contributed by atoms with Gasteiger partial charge in [-0.1, -0.05) is 0 Å². The summed E-state index contributed by atoms with van der Waals surface area (Å²) in [5.41, 5.74) is 3.61. The fraction of sp³-hybridized carbons (Fsp3) is 0.412. The first-order chi connectivity index (χ1) is 11.6. The molecule has 124 valence electrons. The van der Waals surface area contributed by atoms with Gasteiger partial charge in [-0.25, -0.2) is 9.50 Å². The van der Waals surface area contributed by atoms with Crippen molar-refractivity contribution >= 4 is 11.6 Å². The Bertz CT molecular complexity index is 888. The third-order valence-electron chi connectivity index (χ3n) is 4.62. The van der Waals surface area contributed by atoms with E-state index in [4.69, 9.17) is 4.98 Å². The highest BCUT2D eigenvalue weighted by Crippen LogP contribution is 2.27. The van der Waals surface area contributed by atoms with Crippen LogP contribution >= 0.6 is 0 Å². The van der Waals surface area contributed by atoms with Crippen molar-refractivity contribution in [3.8, 4) is 0 Å². The van der Waals surface area contributed by atoms with Gasteiger partial charge in [-0.3, -0.25) is 9.48 Å². The molecule has 3 aromatic rings. The van der Waals surface area contributed by atoms with E-state index < -0.39 is 0 Å². The summed E-state index contributed by atoms with van der Waals surface area (Å²) in [4.78, 5) is 19.1. The lowest BCUT2D eigenvalue weighted by Crippen LogP contribution is -2.38. The van der Waals surface area contributed by atoms with Crippen molar-refractivity contribution in [1.29, 1.82) is 0 Å². The SMILES string of the molecule is Cc1cc2nc(C3CCN(C(=O)c4cnn(C)c4)CC3)ccn2n1. The van der Waals surface area contributed by atoms with Crippen LogP contribution in [-0.4, -0.2) is 48.3 Å². The number of carbonyl (C=O) groups is 1. The summed E-state index contributed by atoms with van der Waals surface area (Å²) in [6.45, 7) is 3.48. The number of amides is 1. The van der Waals surface area contributed by atoms with Gasteiger partial charge in [-0.2, -0.15) is 10.2 Å². The van der Waals surface area contributed by atoms with Gasteiger partial charge in [0, 0.05) is 50.2 Å². The first-order valence-corrected chi connectivity index (χ1v) is 8.21. The maximum atomic E-state index is 12.5. The van der Waals surface area contributed by atoms with Crippen molar-refractivity contribution in [2.75, 3.05) is 13.1 Å². The molecule has 0 saturated carbocycles. The smallest absolute Gasteiger partial charge is 0.257 e. The average Bonchev–Trinajstić information content (AvgIpc) is 3.18. The standard InChI is InChI=1S/C17H20N6O/c1-12-9-16-19-15(5-8-23(16)20-12)13-3-6-22(7-4-13)17(24)14-10-18-21(2)11-14/h5,8-11,13H,3-4,6-7H2,1-2H3. The third-order valence-corrected chi connectivity index (χ3v) is 4.62. The molecule has 7 nitrogen and oxygen atoms in total. The number of carbonyl (C=O) groups excluding carboxylic acids is 1. The van der Waals surface area contributed by atoms with Gasteiger partial charge >= 0.3 is 0 Å². The third kappa shape index (κ3) is 2.66. The number of aryl methyl sites for hydroxylation is 2. The van der Waals surface area contributed by atoms with E-state index >= 15 is 0 Å². The highest BCUT2D eigenvalue weighted by atomic mass is 16.2. The number of rotatable bonds is 2. The van der Waals surface area contributed by atoms with Crippen LogP contribution in [0.1, 0.15) is 40.5 Å². The lowest BCUT2D eigenvalue weighted by molar-refractivity contribution is 0.0712. The van der Waals surface area contributed by atoms with Gasteiger partial charge in [0.25, 0.3) is 5.91 Å². The normalized spacial score (nSPS) is 16.0. The number of piperidine rings is 1. The van der Waals surface area contributed by atoms with E-state index in [0.29, 0.717) is 11.5 Å². The second-order valence-electron chi connectivity index (χ2n) is 6.41. The summed E-state index contributed by atoms with van der Waals surface area (Å²) < 4.78 is 3.46. The van der Waals surface area contributed by atoms with Gasteiger partial charge in [-0.05, 0) is 25.8 Å². The monoisotopic (exact) mass is 324 g/mol. The average molecular weight is 324 g/mol. The molecule has 1 aliphatic heterocycles. The van der Waals surface area contributed by atoms with Crippen molar-refractivity contribution in [3.05, 3.63) is 47.7 Å². The second kappa shape index (κ2) is 5.74. The minimum absolute atomic E-state index is 0.0661. The minimum atomic E-state index is 0.0661. The predicted octanol–water partition coefficient (Wildman–Crippen LogP) is 1.79. The molecule has 0 aliphatic carbocycles. The summed E-state index contributed by atoms with van der Waals surface area (Å²) in [7, 11) is 1.82. The molecule has 0 spiro atoms. The molecule has 1 fully saturated rings. The van der Waals surface area contributed by atoms with Crippen LogP contribution in [0.3, 0.4) is 0 Å². The Morgan fingerprint density at radius 3 is 2.79 bits per heavy atom. The molecular weight excluding hydrogens is 304 g/mol. The van der Waals surface area contributed by atoms with Gasteiger partial charge in [0.05, 0.1) is 17.5 Å². The quantitative estimate of drug-likeness (QED) is 0.721. The van der Waals surface area contributed by atoms with Gasteiger partial charge in [0.15, 0.2) is 5.65 Å². The predicted molar refractivity (Wildman–Crippen MR) is 88.8 cm³/mol. The van der Waals surface area contributed by atoms with Crippen molar-refractivity contribution in [2.45, 2.75) is 25.7 Å². The van der Waals surface area contributed by atoms with Crippen LogP contribution in [0.4, 0.5) is 0 Å². The number of hydrogen-bond donors (Lipinski definition) is 0. The van der Waals surface area contributed by atoms with Crippen LogP contribution in [0.5, 0.6) is 0 Å².